The second-order valence-electron chi connectivity index (χ2n) is 4.15. The zero-order chi connectivity index (χ0) is 9.78. The predicted molar refractivity (Wildman–Crippen MR) is 49.0 cm³/mol. The molecule has 0 saturated carbocycles. The van der Waals surface area contributed by atoms with Crippen LogP contribution in [0.5, 0.6) is 0 Å². The molecule has 0 radical (unpaired) electrons. The average Bonchev–Trinajstić information content (AvgIpc) is 1.83. The van der Waals surface area contributed by atoms with Crippen LogP contribution in [0.2, 0.25) is 0 Å². The zero-order valence-electron chi connectivity index (χ0n) is 8.68. The van der Waals surface area contributed by atoms with Crippen LogP contribution in [0.15, 0.2) is 0 Å². The summed E-state index contributed by atoms with van der Waals surface area (Å²) in [5.74, 6) is -0.137. The molecule has 0 unspecified atom stereocenters. The summed E-state index contributed by atoms with van der Waals surface area (Å²) in [5, 5.41) is 0. The number of rotatable bonds is 4. The van der Waals surface area contributed by atoms with Gasteiger partial charge in [0.25, 0.3) is 0 Å². The van der Waals surface area contributed by atoms with E-state index in [0.717, 1.165) is 6.54 Å². The predicted octanol–water partition coefficient (Wildman–Crippen LogP) is 1.14. The third-order valence-corrected chi connectivity index (χ3v) is 1.59. The molecule has 0 atom stereocenters. The van der Waals surface area contributed by atoms with Crippen LogP contribution in [-0.4, -0.2) is 38.6 Å². The lowest BCUT2D eigenvalue weighted by Crippen LogP contribution is -2.30. The van der Waals surface area contributed by atoms with Crippen LogP contribution in [0.3, 0.4) is 0 Å². The normalized spacial score (nSPS) is 11.8. The maximum Gasteiger partial charge on any atom is 0.306 e. The van der Waals surface area contributed by atoms with E-state index in [1.165, 1.54) is 7.11 Å². The van der Waals surface area contributed by atoms with Crippen molar-refractivity contribution in [1.29, 1.82) is 0 Å². The standard InChI is InChI=1S/C9H19NO2/c1-9(2,7-10(3)4)6-8(11)12-5/h6-7H2,1-5H3. The van der Waals surface area contributed by atoms with Gasteiger partial charge in [0.1, 0.15) is 0 Å². The van der Waals surface area contributed by atoms with Crippen molar-refractivity contribution in [3.8, 4) is 0 Å². The van der Waals surface area contributed by atoms with Crippen LogP contribution in [0.4, 0.5) is 0 Å². The van der Waals surface area contributed by atoms with Crippen molar-refractivity contribution in [1.82, 2.24) is 4.90 Å². The second-order valence-corrected chi connectivity index (χ2v) is 4.15. The van der Waals surface area contributed by atoms with Crippen LogP contribution in [0.1, 0.15) is 20.3 Å². The van der Waals surface area contributed by atoms with Gasteiger partial charge in [-0.2, -0.15) is 0 Å². The quantitative estimate of drug-likeness (QED) is 0.597. The Balaban J connectivity index is 3.94. The van der Waals surface area contributed by atoms with E-state index in [1.807, 2.05) is 14.1 Å². The summed E-state index contributed by atoms with van der Waals surface area (Å²) in [6, 6.07) is 0. The van der Waals surface area contributed by atoms with E-state index in [9.17, 15) is 4.79 Å². The number of hydrogen-bond acceptors (Lipinski definition) is 3. The van der Waals surface area contributed by atoms with E-state index in [1.54, 1.807) is 0 Å². The third kappa shape index (κ3) is 5.13. The average molecular weight is 173 g/mol. The zero-order valence-corrected chi connectivity index (χ0v) is 8.68. The summed E-state index contributed by atoms with van der Waals surface area (Å²) in [4.78, 5) is 13.0. The third-order valence-electron chi connectivity index (χ3n) is 1.59. The molecule has 0 bridgehead atoms. The summed E-state index contributed by atoms with van der Waals surface area (Å²) in [5.41, 5.74) is -0.00338. The molecule has 12 heavy (non-hydrogen) atoms. The van der Waals surface area contributed by atoms with Crippen molar-refractivity contribution < 1.29 is 9.53 Å². The first-order chi connectivity index (χ1) is 5.37. The van der Waals surface area contributed by atoms with Crippen LogP contribution in [-0.2, 0) is 9.53 Å². The Kier molecular flexibility index (Phi) is 4.24. The Labute approximate surface area is 74.7 Å². The summed E-state index contributed by atoms with van der Waals surface area (Å²) >= 11 is 0. The highest BCUT2D eigenvalue weighted by atomic mass is 16.5. The Morgan fingerprint density at radius 1 is 1.42 bits per heavy atom. The molecule has 0 heterocycles. The lowest BCUT2D eigenvalue weighted by atomic mass is 9.89. The van der Waals surface area contributed by atoms with Crippen molar-refractivity contribution in [2.75, 3.05) is 27.7 Å². The number of carbonyl (C=O) groups is 1. The molecule has 0 N–H and O–H groups in total. The summed E-state index contributed by atoms with van der Waals surface area (Å²) in [7, 11) is 5.42. The van der Waals surface area contributed by atoms with Gasteiger partial charge in [0, 0.05) is 6.54 Å². The molecule has 3 nitrogen and oxygen atoms in total. The topological polar surface area (TPSA) is 29.5 Å². The van der Waals surface area contributed by atoms with Crippen molar-refractivity contribution in [2.24, 2.45) is 5.41 Å². The van der Waals surface area contributed by atoms with E-state index >= 15 is 0 Å². The van der Waals surface area contributed by atoms with Crippen molar-refractivity contribution in [3.63, 3.8) is 0 Å². The van der Waals surface area contributed by atoms with Crippen molar-refractivity contribution in [3.05, 3.63) is 0 Å². The molecular formula is C9H19NO2. The fourth-order valence-electron chi connectivity index (χ4n) is 1.37. The second kappa shape index (κ2) is 4.45. The van der Waals surface area contributed by atoms with Gasteiger partial charge in [-0.25, -0.2) is 0 Å². The van der Waals surface area contributed by atoms with Gasteiger partial charge < -0.3 is 9.64 Å². The molecular weight excluding hydrogens is 154 g/mol. The smallest absolute Gasteiger partial charge is 0.306 e. The Bertz CT molecular complexity index is 153. The molecule has 0 aromatic carbocycles. The molecule has 3 heteroatoms. The number of esters is 1. The molecule has 72 valence electrons. The Morgan fingerprint density at radius 3 is 2.25 bits per heavy atom. The SMILES string of the molecule is COC(=O)CC(C)(C)CN(C)C. The largest absolute Gasteiger partial charge is 0.469 e. The number of hydrogen-bond donors (Lipinski definition) is 0. The molecule has 0 spiro atoms. The molecule has 0 aliphatic rings. The molecule has 0 aromatic rings. The van der Waals surface area contributed by atoms with Gasteiger partial charge in [0.15, 0.2) is 0 Å². The minimum absolute atomic E-state index is 0.00338. The first kappa shape index (κ1) is 11.4. The first-order valence-corrected chi connectivity index (χ1v) is 4.09. The number of methoxy groups -OCH3 is 1. The lowest BCUT2D eigenvalue weighted by molar-refractivity contribution is -0.143. The van der Waals surface area contributed by atoms with Crippen LogP contribution < -0.4 is 0 Å². The first-order valence-electron chi connectivity index (χ1n) is 4.09. The highest BCUT2D eigenvalue weighted by Gasteiger charge is 2.22. The van der Waals surface area contributed by atoms with E-state index in [2.05, 4.69) is 23.5 Å². The van der Waals surface area contributed by atoms with E-state index in [-0.39, 0.29) is 11.4 Å². The monoisotopic (exact) mass is 173 g/mol. The van der Waals surface area contributed by atoms with Gasteiger partial charge in [0.2, 0.25) is 0 Å². The van der Waals surface area contributed by atoms with Crippen LogP contribution in [0, 0.1) is 5.41 Å². The van der Waals surface area contributed by atoms with E-state index < -0.39 is 0 Å². The van der Waals surface area contributed by atoms with Crippen molar-refractivity contribution >= 4 is 5.97 Å². The molecule has 0 rings (SSSR count). The minimum Gasteiger partial charge on any atom is -0.469 e. The van der Waals surface area contributed by atoms with Crippen LogP contribution >= 0.6 is 0 Å². The molecule has 0 aliphatic carbocycles. The molecule has 0 aromatic heterocycles. The molecule has 0 saturated heterocycles. The maximum atomic E-state index is 11.0. The van der Waals surface area contributed by atoms with Crippen LogP contribution in [0.25, 0.3) is 0 Å². The van der Waals surface area contributed by atoms with Gasteiger partial charge in [0.05, 0.1) is 13.5 Å². The Hall–Kier alpha value is -0.570. The summed E-state index contributed by atoms with van der Waals surface area (Å²) in [6.07, 6.45) is 0.474. The highest BCUT2D eigenvalue weighted by molar-refractivity contribution is 5.69. The fraction of sp³-hybridized carbons (Fsp3) is 0.889. The number of nitrogens with zero attached hydrogens (tertiary/aromatic N) is 1. The van der Waals surface area contributed by atoms with Gasteiger partial charge in [-0.05, 0) is 19.5 Å². The fourth-order valence-corrected chi connectivity index (χ4v) is 1.37. The van der Waals surface area contributed by atoms with Gasteiger partial charge >= 0.3 is 5.97 Å². The van der Waals surface area contributed by atoms with Gasteiger partial charge in [-0.15, -0.1) is 0 Å². The van der Waals surface area contributed by atoms with Crippen molar-refractivity contribution in [2.45, 2.75) is 20.3 Å². The highest BCUT2D eigenvalue weighted by Crippen LogP contribution is 2.21. The molecule has 0 aliphatic heterocycles. The van der Waals surface area contributed by atoms with Gasteiger partial charge in [-0.3, -0.25) is 4.79 Å². The molecule has 0 amide bonds. The Morgan fingerprint density at radius 2 is 1.92 bits per heavy atom. The maximum absolute atomic E-state index is 11.0. The lowest BCUT2D eigenvalue weighted by Gasteiger charge is -2.26. The number of ether oxygens (including phenoxy) is 1. The number of carbonyl (C=O) groups excluding carboxylic acids is 1. The van der Waals surface area contributed by atoms with Gasteiger partial charge in [-0.1, -0.05) is 13.8 Å². The van der Waals surface area contributed by atoms with E-state index in [4.69, 9.17) is 0 Å². The minimum atomic E-state index is -0.137. The summed E-state index contributed by atoms with van der Waals surface area (Å²) < 4.78 is 4.61. The molecule has 0 fully saturated rings. The summed E-state index contributed by atoms with van der Waals surface area (Å²) in [6.45, 7) is 5.01. The van der Waals surface area contributed by atoms with E-state index in [0.29, 0.717) is 6.42 Å².